The third-order valence-corrected chi connectivity index (χ3v) is 9.29. The molecule has 0 saturated heterocycles. The van der Waals surface area contributed by atoms with Crippen molar-refractivity contribution < 1.29 is 9.59 Å². The molecular weight excluding hydrogens is 400 g/mol. The van der Waals surface area contributed by atoms with E-state index in [4.69, 9.17) is 0 Å². The van der Waals surface area contributed by atoms with Gasteiger partial charge in [-0.2, -0.15) is 0 Å². The Morgan fingerprint density at radius 2 is 1.58 bits per heavy atom. The molecule has 0 aromatic carbocycles. The normalized spacial score (nSPS) is 22.0. The first-order chi connectivity index (χ1) is 12.2. The summed E-state index contributed by atoms with van der Waals surface area (Å²) in [5.41, 5.74) is 1.22. The van der Waals surface area contributed by atoms with Crippen LogP contribution in [0.1, 0.15) is 27.7 Å². The highest BCUT2D eigenvalue weighted by Gasteiger charge is 2.33. The van der Waals surface area contributed by atoms with Gasteiger partial charge in [-0.15, -0.1) is 23.5 Å². The van der Waals surface area contributed by atoms with Crippen LogP contribution in [0.3, 0.4) is 0 Å². The predicted octanol–water partition coefficient (Wildman–Crippen LogP) is 5.97. The van der Waals surface area contributed by atoms with Gasteiger partial charge in [0.05, 0.1) is 0 Å². The molecular formula is C20H28O2S4. The van der Waals surface area contributed by atoms with Gasteiger partial charge >= 0.3 is 0 Å². The highest BCUT2D eigenvalue weighted by Crippen LogP contribution is 2.44. The first-order valence-electron chi connectivity index (χ1n) is 8.49. The lowest BCUT2D eigenvalue weighted by atomic mass is 9.90. The summed E-state index contributed by atoms with van der Waals surface area (Å²) in [4.78, 5) is 24.6. The molecule has 26 heavy (non-hydrogen) atoms. The molecule has 2 nitrogen and oxygen atoms in total. The van der Waals surface area contributed by atoms with E-state index in [-0.39, 0.29) is 15.0 Å². The number of carbonyl (C=O) groups excluding carboxylic acids is 2. The van der Waals surface area contributed by atoms with E-state index in [9.17, 15) is 9.59 Å². The van der Waals surface area contributed by atoms with E-state index in [1.807, 2.05) is 23.5 Å². The van der Waals surface area contributed by atoms with Crippen LogP contribution in [0.15, 0.2) is 47.4 Å². The molecule has 0 radical (unpaired) electrons. The third kappa shape index (κ3) is 7.75. The molecule has 0 N–H and O–H groups in total. The van der Waals surface area contributed by atoms with Crippen LogP contribution in [0.25, 0.3) is 0 Å². The molecule has 1 rings (SSSR count). The van der Waals surface area contributed by atoms with E-state index in [0.29, 0.717) is 17.1 Å². The zero-order valence-corrected chi connectivity index (χ0v) is 19.3. The van der Waals surface area contributed by atoms with Gasteiger partial charge in [-0.05, 0) is 36.8 Å². The largest absolute Gasteiger partial charge is 0.282 e. The maximum absolute atomic E-state index is 11.6. The molecule has 0 aromatic rings. The summed E-state index contributed by atoms with van der Waals surface area (Å²) in [5.74, 6) is 3.85. The van der Waals surface area contributed by atoms with Gasteiger partial charge in [-0.1, -0.05) is 61.8 Å². The molecule has 0 amide bonds. The number of rotatable bonds is 10. The molecule has 2 unspecified atom stereocenters. The molecule has 1 aliphatic carbocycles. The lowest BCUT2D eigenvalue weighted by molar-refractivity contribution is -0.108. The van der Waals surface area contributed by atoms with E-state index in [1.54, 1.807) is 13.8 Å². The van der Waals surface area contributed by atoms with Gasteiger partial charge in [0.25, 0.3) is 0 Å². The molecule has 144 valence electrons. The van der Waals surface area contributed by atoms with Gasteiger partial charge in [0, 0.05) is 33.7 Å². The highest BCUT2D eigenvalue weighted by atomic mass is 32.2. The van der Waals surface area contributed by atoms with Crippen LogP contribution in [-0.2, 0) is 9.59 Å². The molecule has 1 aliphatic rings. The predicted molar refractivity (Wildman–Crippen MR) is 124 cm³/mol. The van der Waals surface area contributed by atoms with E-state index in [1.165, 1.54) is 28.4 Å². The summed E-state index contributed by atoms with van der Waals surface area (Å²) in [6, 6.07) is 0. The fourth-order valence-electron chi connectivity index (χ4n) is 2.19. The Bertz CT molecular complexity index is 621. The third-order valence-electron chi connectivity index (χ3n) is 3.99. The molecule has 0 aromatic heterocycles. The van der Waals surface area contributed by atoms with Gasteiger partial charge in [0.15, 0.2) is 0 Å². The summed E-state index contributed by atoms with van der Waals surface area (Å²) in [5, 5.41) is 0.166. The van der Waals surface area contributed by atoms with Crippen LogP contribution in [-0.4, -0.2) is 38.0 Å². The molecule has 0 spiro atoms. The average molecular weight is 429 g/mol. The van der Waals surface area contributed by atoms with E-state index < -0.39 is 0 Å². The fourth-order valence-corrected chi connectivity index (χ4v) is 6.36. The van der Waals surface area contributed by atoms with Gasteiger partial charge in [-0.25, -0.2) is 0 Å². The number of hydrogen-bond donors (Lipinski definition) is 0. The minimum Gasteiger partial charge on any atom is -0.282 e. The van der Waals surface area contributed by atoms with Gasteiger partial charge < -0.3 is 0 Å². The Balaban J connectivity index is 2.43. The number of hydrogen-bond acceptors (Lipinski definition) is 6. The molecule has 0 bridgehead atoms. The van der Waals surface area contributed by atoms with Crippen LogP contribution in [0.2, 0.25) is 0 Å². The number of allylic oxidation sites excluding steroid dienone is 3. The minimum atomic E-state index is 0.0323. The van der Waals surface area contributed by atoms with Crippen molar-refractivity contribution >= 4 is 57.3 Å². The maximum Gasteiger partial charge on any atom is 0.214 e. The molecule has 6 heteroatoms. The molecule has 0 fully saturated rings. The maximum atomic E-state index is 11.6. The Labute approximate surface area is 175 Å². The quantitative estimate of drug-likeness (QED) is 0.315. The zero-order chi connectivity index (χ0) is 19.7. The standard InChI is InChI=1S/C20H28O2S4/c1-14(2)18(21)24-11-10-23-17-8-7-9-20(6,16(17)5)26-13-12-25-19(22)15(3)4/h7-9,16H,1,3,10-13H2,2,4-6H3. The fraction of sp³-hybridized carbons (Fsp3) is 0.500. The van der Waals surface area contributed by atoms with Crippen LogP contribution in [0.5, 0.6) is 0 Å². The SMILES string of the molecule is C=C(C)C(=O)SCCSC1=CC=CC(C)(SCCSC(=O)C(=C)C)C1C. The summed E-state index contributed by atoms with van der Waals surface area (Å²) >= 11 is 6.43. The van der Waals surface area contributed by atoms with Crippen molar-refractivity contribution in [3.05, 3.63) is 47.4 Å². The van der Waals surface area contributed by atoms with E-state index in [0.717, 1.165) is 23.0 Å². The van der Waals surface area contributed by atoms with Gasteiger partial charge in [0.2, 0.25) is 10.2 Å². The van der Waals surface area contributed by atoms with Crippen molar-refractivity contribution in [2.45, 2.75) is 32.4 Å². The Kier molecular flexibility index (Phi) is 10.5. The van der Waals surface area contributed by atoms with Crippen molar-refractivity contribution in [1.29, 1.82) is 0 Å². The van der Waals surface area contributed by atoms with Crippen molar-refractivity contribution in [2.75, 3.05) is 23.0 Å². The average Bonchev–Trinajstić information content (AvgIpc) is 2.58. The summed E-state index contributed by atoms with van der Waals surface area (Å²) in [6.07, 6.45) is 6.58. The molecule has 0 aliphatic heterocycles. The summed E-state index contributed by atoms with van der Waals surface area (Å²) in [7, 11) is 0. The first kappa shape index (κ1) is 23.7. The lowest BCUT2D eigenvalue weighted by Gasteiger charge is -2.36. The Morgan fingerprint density at radius 1 is 1.04 bits per heavy atom. The number of thioether (sulfide) groups is 4. The van der Waals surface area contributed by atoms with E-state index >= 15 is 0 Å². The summed E-state index contributed by atoms with van der Waals surface area (Å²) in [6.45, 7) is 15.4. The first-order valence-corrected chi connectivity index (χ1v) is 12.4. The monoisotopic (exact) mass is 428 g/mol. The Morgan fingerprint density at radius 3 is 2.12 bits per heavy atom. The van der Waals surface area contributed by atoms with Crippen LogP contribution in [0.4, 0.5) is 0 Å². The second-order valence-corrected chi connectivity index (χ2v) is 11.2. The van der Waals surface area contributed by atoms with E-state index in [2.05, 4.69) is 45.2 Å². The van der Waals surface area contributed by atoms with Crippen LogP contribution >= 0.6 is 47.0 Å². The van der Waals surface area contributed by atoms with Gasteiger partial charge in [0.1, 0.15) is 0 Å². The second-order valence-electron chi connectivity index (χ2n) is 6.36. The van der Waals surface area contributed by atoms with Crippen molar-refractivity contribution in [1.82, 2.24) is 0 Å². The zero-order valence-electron chi connectivity index (χ0n) is 16.0. The Hall–Kier alpha value is -0.300. The van der Waals surface area contributed by atoms with Crippen LogP contribution in [0, 0.1) is 5.92 Å². The second kappa shape index (κ2) is 11.5. The lowest BCUT2D eigenvalue weighted by Crippen LogP contribution is -2.30. The van der Waals surface area contributed by atoms with Crippen LogP contribution < -0.4 is 0 Å². The van der Waals surface area contributed by atoms with Crippen molar-refractivity contribution in [3.63, 3.8) is 0 Å². The minimum absolute atomic E-state index is 0.0323. The van der Waals surface area contributed by atoms with Crippen molar-refractivity contribution in [3.8, 4) is 0 Å². The highest BCUT2D eigenvalue weighted by molar-refractivity contribution is 8.15. The van der Waals surface area contributed by atoms with Crippen molar-refractivity contribution in [2.24, 2.45) is 5.92 Å². The topological polar surface area (TPSA) is 34.1 Å². The molecule has 0 saturated carbocycles. The molecule has 2 atom stereocenters. The van der Waals surface area contributed by atoms with Gasteiger partial charge in [-0.3, -0.25) is 9.59 Å². The number of carbonyl (C=O) groups is 2. The molecule has 0 heterocycles. The summed E-state index contributed by atoms with van der Waals surface area (Å²) < 4.78 is 0.0323. The smallest absolute Gasteiger partial charge is 0.214 e.